The third-order valence-electron chi connectivity index (χ3n) is 8.44. The van der Waals surface area contributed by atoms with Crippen LogP contribution in [0.25, 0.3) is 0 Å². The van der Waals surface area contributed by atoms with Gasteiger partial charge in [-0.2, -0.15) is 0 Å². The van der Waals surface area contributed by atoms with E-state index in [0.717, 1.165) is 25.7 Å². The van der Waals surface area contributed by atoms with Gasteiger partial charge in [0, 0.05) is 26.1 Å². The summed E-state index contributed by atoms with van der Waals surface area (Å²) in [6, 6.07) is 21.5. The van der Waals surface area contributed by atoms with E-state index in [1.807, 2.05) is 13.8 Å². The number of aliphatic hydroxyl groups excluding tert-OH is 1. The van der Waals surface area contributed by atoms with E-state index in [9.17, 15) is 5.11 Å². The lowest BCUT2D eigenvalue weighted by atomic mass is 9.86. The van der Waals surface area contributed by atoms with Crippen LogP contribution in [-0.2, 0) is 23.4 Å². The Balaban J connectivity index is 1.78. The number of hydrogen-bond acceptors (Lipinski definition) is 6. The van der Waals surface area contributed by atoms with Crippen molar-refractivity contribution in [2.45, 2.75) is 103 Å². The standard InChI is InChI=1S/C34H54O6Si/c1-9-27(23-35)32(37-25-36-8)26(2)20-21-28-22-29(40-34(6,7)39-28)24-38-41(33(3,4)5,30-16-12-10-13-17-30)31-18-14-11-15-19-31/h10-19,26-29,32,35H,9,20-25H2,1-8H3/t26-,27-,28-,29+,32-/m1/s1. The SMILES string of the molecule is CC[C@H](CO)[C@H](OCOC)[C@H](C)CC[C@@H]1C[C@@H](CO[Si](c2ccccc2)(c2ccccc2)C(C)(C)C)OC(C)(C)O1. The van der Waals surface area contributed by atoms with Crippen LogP contribution in [0.3, 0.4) is 0 Å². The van der Waals surface area contributed by atoms with Crippen molar-refractivity contribution in [3.05, 3.63) is 60.7 Å². The second-order valence-electron chi connectivity index (χ2n) is 13.0. The molecule has 1 fully saturated rings. The van der Waals surface area contributed by atoms with Gasteiger partial charge in [-0.3, -0.25) is 0 Å². The fourth-order valence-corrected chi connectivity index (χ4v) is 11.1. The van der Waals surface area contributed by atoms with Gasteiger partial charge in [-0.15, -0.1) is 0 Å². The normalized spacial score (nSPS) is 21.8. The van der Waals surface area contributed by atoms with Crippen molar-refractivity contribution in [3.8, 4) is 0 Å². The van der Waals surface area contributed by atoms with E-state index < -0.39 is 14.1 Å². The average molecular weight is 587 g/mol. The molecule has 0 aliphatic carbocycles. The topological polar surface area (TPSA) is 66.4 Å². The highest BCUT2D eigenvalue weighted by molar-refractivity contribution is 6.99. The van der Waals surface area contributed by atoms with E-state index in [0.29, 0.717) is 6.61 Å². The maximum absolute atomic E-state index is 9.94. The Labute approximate surface area is 249 Å². The van der Waals surface area contributed by atoms with Crippen LogP contribution in [0.15, 0.2) is 60.7 Å². The fraction of sp³-hybridized carbons (Fsp3) is 0.647. The molecular formula is C34H54O6Si. The number of benzene rings is 2. The summed E-state index contributed by atoms with van der Waals surface area (Å²) >= 11 is 0. The molecule has 1 heterocycles. The summed E-state index contributed by atoms with van der Waals surface area (Å²) in [5, 5.41) is 12.4. The van der Waals surface area contributed by atoms with Gasteiger partial charge in [-0.05, 0) is 54.4 Å². The predicted octanol–water partition coefficient (Wildman–Crippen LogP) is 5.90. The quantitative estimate of drug-likeness (QED) is 0.207. The van der Waals surface area contributed by atoms with Gasteiger partial charge in [-0.25, -0.2) is 0 Å². The van der Waals surface area contributed by atoms with E-state index in [1.165, 1.54) is 10.4 Å². The lowest BCUT2D eigenvalue weighted by molar-refractivity contribution is -0.304. The van der Waals surface area contributed by atoms with Crippen LogP contribution in [-0.4, -0.2) is 64.6 Å². The number of methoxy groups -OCH3 is 1. The molecule has 2 aromatic carbocycles. The van der Waals surface area contributed by atoms with Crippen molar-refractivity contribution >= 4 is 18.7 Å². The van der Waals surface area contributed by atoms with E-state index in [1.54, 1.807) is 7.11 Å². The molecule has 1 aliphatic rings. The van der Waals surface area contributed by atoms with Crippen LogP contribution in [0, 0.1) is 11.8 Å². The van der Waals surface area contributed by atoms with Gasteiger partial charge in [0.2, 0.25) is 0 Å². The lowest BCUT2D eigenvalue weighted by Crippen LogP contribution is -2.67. The van der Waals surface area contributed by atoms with E-state index in [2.05, 4.69) is 95.3 Å². The molecule has 1 N–H and O–H groups in total. The molecule has 0 spiro atoms. The predicted molar refractivity (Wildman–Crippen MR) is 168 cm³/mol. The number of hydrogen-bond donors (Lipinski definition) is 1. The first-order valence-electron chi connectivity index (χ1n) is 15.3. The van der Waals surface area contributed by atoms with Crippen molar-refractivity contribution < 1.29 is 28.5 Å². The Kier molecular flexibility index (Phi) is 12.6. The van der Waals surface area contributed by atoms with Gasteiger partial charge in [0.25, 0.3) is 8.32 Å². The summed E-state index contributed by atoms with van der Waals surface area (Å²) in [5.41, 5.74) is 0. The Morgan fingerprint density at radius 3 is 2.02 bits per heavy atom. The van der Waals surface area contributed by atoms with Crippen LogP contribution in [0.1, 0.15) is 74.1 Å². The highest BCUT2D eigenvalue weighted by Crippen LogP contribution is 2.38. The van der Waals surface area contributed by atoms with Gasteiger partial charge >= 0.3 is 0 Å². The first-order chi connectivity index (χ1) is 19.5. The van der Waals surface area contributed by atoms with Crippen LogP contribution in [0.5, 0.6) is 0 Å². The molecule has 1 saturated heterocycles. The Bertz CT molecular complexity index is 965. The second-order valence-corrected chi connectivity index (χ2v) is 17.3. The molecule has 1 aliphatic heterocycles. The monoisotopic (exact) mass is 586 g/mol. The summed E-state index contributed by atoms with van der Waals surface area (Å²) in [7, 11) is -1.03. The number of rotatable bonds is 15. The van der Waals surface area contributed by atoms with Crippen molar-refractivity contribution in [3.63, 3.8) is 0 Å². The largest absolute Gasteiger partial charge is 0.405 e. The maximum Gasteiger partial charge on any atom is 0.261 e. The van der Waals surface area contributed by atoms with Gasteiger partial charge < -0.3 is 28.5 Å². The van der Waals surface area contributed by atoms with Crippen LogP contribution in [0.4, 0.5) is 0 Å². The van der Waals surface area contributed by atoms with Crippen molar-refractivity contribution in [2.24, 2.45) is 11.8 Å². The summed E-state index contributed by atoms with van der Waals surface area (Å²) in [5.74, 6) is -0.363. The van der Waals surface area contributed by atoms with Crippen LogP contribution in [0.2, 0.25) is 5.04 Å². The zero-order valence-corrected chi connectivity index (χ0v) is 27.6. The lowest BCUT2D eigenvalue weighted by Gasteiger charge is -2.46. The molecule has 7 heteroatoms. The smallest absolute Gasteiger partial charge is 0.261 e. The third-order valence-corrected chi connectivity index (χ3v) is 13.4. The fourth-order valence-electron chi connectivity index (χ4n) is 6.47. The van der Waals surface area contributed by atoms with Gasteiger partial charge in [0.05, 0.1) is 24.9 Å². The molecule has 3 rings (SSSR count). The van der Waals surface area contributed by atoms with Crippen LogP contribution < -0.4 is 10.4 Å². The minimum absolute atomic E-state index is 0.0474. The molecule has 2 aromatic rings. The Hall–Kier alpha value is -1.58. The zero-order chi connectivity index (χ0) is 30.1. The minimum Gasteiger partial charge on any atom is -0.405 e. The molecule has 5 atom stereocenters. The van der Waals surface area contributed by atoms with Crippen molar-refractivity contribution in [1.82, 2.24) is 0 Å². The molecule has 6 nitrogen and oxygen atoms in total. The first-order valence-corrected chi connectivity index (χ1v) is 17.2. The third kappa shape index (κ3) is 8.72. The van der Waals surface area contributed by atoms with Crippen molar-refractivity contribution in [2.75, 3.05) is 27.1 Å². The number of aliphatic hydroxyl groups is 1. The molecule has 0 saturated carbocycles. The van der Waals surface area contributed by atoms with E-state index in [-0.39, 0.29) is 48.6 Å². The van der Waals surface area contributed by atoms with Gasteiger partial charge in [0.1, 0.15) is 6.79 Å². The van der Waals surface area contributed by atoms with Gasteiger partial charge in [-0.1, -0.05) is 95.3 Å². The maximum atomic E-state index is 9.94. The zero-order valence-electron chi connectivity index (χ0n) is 26.6. The summed E-state index contributed by atoms with van der Waals surface area (Å²) in [4.78, 5) is 0. The highest BCUT2D eigenvalue weighted by Gasteiger charge is 2.51. The summed E-state index contributed by atoms with van der Waals surface area (Å²) in [6.07, 6.45) is 3.35. The van der Waals surface area contributed by atoms with E-state index in [4.69, 9.17) is 23.4 Å². The Morgan fingerprint density at radius 2 is 1.54 bits per heavy atom. The molecule has 230 valence electrons. The minimum atomic E-state index is -2.66. The number of ether oxygens (including phenoxy) is 4. The molecule has 0 aromatic heterocycles. The molecule has 0 amide bonds. The Morgan fingerprint density at radius 1 is 0.976 bits per heavy atom. The molecular weight excluding hydrogens is 532 g/mol. The van der Waals surface area contributed by atoms with Crippen molar-refractivity contribution in [1.29, 1.82) is 0 Å². The average Bonchev–Trinajstić information content (AvgIpc) is 2.94. The van der Waals surface area contributed by atoms with E-state index >= 15 is 0 Å². The summed E-state index contributed by atoms with van der Waals surface area (Å²) < 4.78 is 31.3. The second kappa shape index (κ2) is 15.2. The molecule has 0 radical (unpaired) electrons. The van der Waals surface area contributed by atoms with Gasteiger partial charge in [0.15, 0.2) is 5.79 Å². The van der Waals surface area contributed by atoms with Crippen LogP contribution >= 0.6 is 0 Å². The molecule has 0 unspecified atom stereocenters. The highest BCUT2D eigenvalue weighted by atomic mass is 28.4. The first kappa shape index (κ1) is 33.9. The summed E-state index contributed by atoms with van der Waals surface area (Å²) in [6.45, 7) is 16.1. The molecule has 41 heavy (non-hydrogen) atoms. The molecule has 0 bridgehead atoms.